The third kappa shape index (κ3) is 11.0. The molecule has 1 fully saturated rings. The number of aryl methyl sites for hydroxylation is 3. The number of rotatable bonds is 8. The Bertz CT molecular complexity index is 874. The van der Waals surface area contributed by atoms with Crippen molar-refractivity contribution in [3.05, 3.63) is 95.1 Å². The second-order valence-corrected chi connectivity index (χ2v) is 10.7. The average Bonchev–Trinajstić information content (AvgIpc) is 2.84. The molecule has 0 aliphatic heterocycles. The van der Waals surface area contributed by atoms with Gasteiger partial charge in [-0.25, -0.2) is 0 Å². The van der Waals surface area contributed by atoms with Crippen LogP contribution in [0.5, 0.6) is 0 Å². The molecule has 1 saturated carbocycles. The van der Waals surface area contributed by atoms with Gasteiger partial charge in [0.05, 0.1) is 0 Å². The molecule has 35 heavy (non-hydrogen) atoms. The van der Waals surface area contributed by atoms with Crippen LogP contribution in [-0.2, 0) is 6.42 Å². The molecule has 0 unspecified atom stereocenters. The molecule has 0 bridgehead atoms. The van der Waals surface area contributed by atoms with E-state index in [0.29, 0.717) is 12.0 Å². The lowest BCUT2D eigenvalue weighted by molar-refractivity contribution is 0.216. The highest BCUT2D eigenvalue weighted by atomic mass is 14.5. The maximum Gasteiger partial charge on any atom is 0.0131 e. The standard InChI is InChI=1S/C27H38.C4H9N.C3H6/c1-21-12-14-26(23(3)20-21)16-19-27(17-8-5-9-18-27)24(4)13-15-25-11-7-6-10-22(25)2;1-4(2)3-5;1-3-2/h7,11-12,14,20H,4-6,8-10,13,15-19H2,1-3H3;1,3,5H2,2H3;3H,1H2,2H3. The smallest absolute Gasteiger partial charge is 0.0131 e. The Hall–Kier alpha value is -2.12. The van der Waals surface area contributed by atoms with Gasteiger partial charge in [-0.2, -0.15) is 0 Å². The molecule has 1 aromatic rings. The summed E-state index contributed by atoms with van der Waals surface area (Å²) in [5.74, 6) is 0. The fourth-order valence-electron chi connectivity index (χ4n) is 5.18. The van der Waals surface area contributed by atoms with Crippen molar-refractivity contribution in [2.75, 3.05) is 6.54 Å². The van der Waals surface area contributed by atoms with Gasteiger partial charge in [-0.1, -0.05) is 91.1 Å². The molecular formula is C34H53N. The minimum absolute atomic E-state index is 0.377. The summed E-state index contributed by atoms with van der Waals surface area (Å²) >= 11 is 0. The second-order valence-electron chi connectivity index (χ2n) is 10.7. The predicted octanol–water partition coefficient (Wildman–Crippen LogP) is 9.90. The van der Waals surface area contributed by atoms with Crippen LogP contribution in [0.4, 0.5) is 0 Å². The Balaban J connectivity index is 0.000000669. The first kappa shape index (κ1) is 30.9. The summed E-state index contributed by atoms with van der Waals surface area (Å²) in [6.07, 6.45) is 20.7. The van der Waals surface area contributed by atoms with Gasteiger partial charge in [-0.05, 0) is 108 Å². The lowest BCUT2D eigenvalue weighted by Gasteiger charge is -2.40. The largest absolute Gasteiger partial charge is 0.327 e. The van der Waals surface area contributed by atoms with Crippen LogP contribution in [0.15, 0.2) is 78.5 Å². The Morgan fingerprint density at radius 3 is 2.23 bits per heavy atom. The summed E-state index contributed by atoms with van der Waals surface area (Å²) < 4.78 is 0. The van der Waals surface area contributed by atoms with Gasteiger partial charge in [0.15, 0.2) is 0 Å². The molecule has 0 amide bonds. The molecule has 0 heterocycles. The molecule has 1 aromatic carbocycles. The minimum atomic E-state index is 0.377. The zero-order valence-corrected chi connectivity index (χ0v) is 23.6. The Morgan fingerprint density at radius 2 is 1.69 bits per heavy atom. The third-order valence-corrected chi connectivity index (χ3v) is 7.53. The molecule has 0 radical (unpaired) electrons. The molecule has 0 spiro atoms. The summed E-state index contributed by atoms with van der Waals surface area (Å²) in [4.78, 5) is 0. The normalized spacial score (nSPS) is 16.4. The fourth-order valence-corrected chi connectivity index (χ4v) is 5.18. The van der Waals surface area contributed by atoms with Crippen LogP contribution in [0.1, 0.15) is 102 Å². The molecule has 0 aromatic heterocycles. The molecule has 2 aliphatic rings. The van der Waals surface area contributed by atoms with Gasteiger partial charge in [0.1, 0.15) is 0 Å². The van der Waals surface area contributed by atoms with Gasteiger partial charge < -0.3 is 5.73 Å². The molecule has 0 saturated heterocycles. The van der Waals surface area contributed by atoms with Crippen LogP contribution in [0.2, 0.25) is 0 Å². The fraction of sp³-hybridized carbons (Fsp3) is 0.529. The third-order valence-electron chi connectivity index (χ3n) is 7.53. The molecule has 194 valence electrons. The minimum Gasteiger partial charge on any atom is -0.327 e. The zero-order chi connectivity index (χ0) is 26.3. The van der Waals surface area contributed by atoms with E-state index in [4.69, 9.17) is 5.73 Å². The van der Waals surface area contributed by atoms with E-state index in [1.165, 1.54) is 92.9 Å². The van der Waals surface area contributed by atoms with Gasteiger partial charge in [-0.15, -0.1) is 6.58 Å². The maximum absolute atomic E-state index is 5.07. The molecular weight excluding hydrogens is 422 g/mol. The molecule has 2 N–H and O–H groups in total. The van der Waals surface area contributed by atoms with Gasteiger partial charge in [0, 0.05) is 6.54 Å². The monoisotopic (exact) mass is 475 g/mol. The first-order chi connectivity index (χ1) is 16.7. The van der Waals surface area contributed by atoms with E-state index < -0.39 is 0 Å². The van der Waals surface area contributed by atoms with Crippen LogP contribution in [0.3, 0.4) is 0 Å². The molecule has 1 heteroatoms. The van der Waals surface area contributed by atoms with Crippen molar-refractivity contribution < 1.29 is 0 Å². The highest BCUT2D eigenvalue weighted by Gasteiger charge is 2.34. The highest BCUT2D eigenvalue weighted by Crippen LogP contribution is 2.47. The molecule has 2 aliphatic carbocycles. The number of nitrogens with two attached hydrogens (primary N) is 1. The summed E-state index contributed by atoms with van der Waals surface area (Å²) in [5, 5.41) is 0. The molecule has 0 atom stereocenters. The average molecular weight is 476 g/mol. The van der Waals surface area contributed by atoms with Crippen molar-refractivity contribution in [2.24, 2.45) is 11.1 Å². The molecule has 1 nitrogen and oxygen atoms in total. The Morgan fingerprint density at radius 1 is 1.06 bits per heavy atom. The zero-order valence-electron chi connectivity index (χ0n) is 23.6. The van der Waals surface area contributed by atoms with E-state index >= 15 is 0 Å². The summed E-state index contributed by atoms with van der Waals surface area (Å²) in [7, 11) is 0. The Labute approximate surface area is 218 Å². The predicted molar refractivity (Wildman–Crippen MR) is 159 cm³/mol. The molecule has 3 rings (SSSR count). The van der Waals surface area contributed by atoms with E-state index in [9.17, 15) is 0 Å². The Kier molecular flexibility index (Phi) is 14.6. The van der Waals surface area contributed by atoms with E-state index in [-0.39, 0.29) is 0 Å². The number of allylic oxidation sites excluding steroid dienone is 6. The summed E-state index contributed by atoms with van der Waals surface area (Å²) in [6, 6.07) is 6.96. The van der Waals surface area contributed by atoms with Crippen molar-refractivity contribution in [1.82, 2.24) is 0 Å². The van der Waals surface area contributed by atoms with Crippen LogP contribution in [0, 0.1) is 19.3 Å². The van der Waals surface area contributed by atoms with Crippen molar-refractivity contribution in [2.45, 2.75) is 105 Å². The first-order valence-electron chi connectivity index (χ1n) is 13.7. The van der Waals surface area contributed by atoms with Crippen molar-refractivity contribution in [3.8, 4) is 0 Å². The van der Waals surface area contributed by atoms with E-state index in [1.807, 2.05) is 13.8 Å². The quantitative estimate of drug-likeness (QED) is 0.372. The summed E-state index contributed by atoms with van der Waals surface area (Å²) in [5.41, 5.74) is 15.5. The van der Waals surface area contributed by atoms with Gasteiger partial charge in [-0.3, -0.25) is 0 Å². The SMILES string of the molecule is C=C(C)CN.C=C(CCC1=C(C)CCC=C1)C1(CCc2ccc(C)cc2C)CCCCC1.C=CC. The van der Waals surface area contributed by atoms with Crippen molar-refractivity contribution in [3.63, 3.8) is 0 Å². The number of hydrogen-bond donors (Lipinski definition) is 1. The highest BCUT2D eigenvalue weighted by molar-refractivity contribution is 5.32. The number of hydrogen-bond acceptors (Lipinski definition) is 1. The second kappa shape index (κ2) is 16.5. The van der Waals surface area contributed by atoms with E-state index in [1.54, 1.807) is 17.2 Å². The number of benzene rings is 1. The topological polar surface area (TPSA) is 26.0 Å². The van der Waals surface area contributed by atoms with E-state index in [0.717, 1.165) is 5.57 Å². The van der Waals surface area contributed by atoms with Crippen LogP contribution < -0.4 is 5.73 Å². The van der Waals surface area contributed by atoms with Crippen molar-refractivity contribution >= 4 is 0 Å². The van der Waals surface area contributed by atoms with E-state index in [2.05, 4.69) is 70.9 Å². The van der Waals surface area contributed by atoms with Crippen molar-refractivity contribution in [1.29, 1.82) is 0 Å². The van der Waals surface area contributed by atoms with Gasteiger partial charge >= 0.3 is 0 Å². The maximum atomic E-state index is 5.07. The van der Waals surface area contributed by atoms with Gasteiger partial charge in [0.2, 0.25) is 0 Å². The lowest BCUT2D eigenvalue weighted by atomic mass is 9.65. The lowest BCUT2D eigenvalue weighted by Crippen LogP contribution is -2.27. The van der Waals surface area contributed by atoms with Crippen LogP contribution in [0.25, 0.3) is 0 Å². The first-order valence-corrected chi connectivity index (χ1v) is 13.7. The van der Waals surface area contributed by atoms with Crippen LogP contribution in [-0.4, -0.2) is 6.54 Å². The summed E-state index contributed by atoms with van der Waals surface area (Å²) in [6.45, 7) is 22.8. The van der Waals surface area contributed by atoms with Gasteiger partial charge in [0.25, 0.3) is 0 Å². The van der Waals surface area contributed by atoms with Crippen LogP contribution >= 0.6 is 0 Å².